The van der Waals surface area contributed by atoms with Crippen molar-refractivity contribution in [2.45, 2.75) is 63.6 Å². The summed E-state index contributed by atoms with van der Waals surface area (Å²) < 4.78 is 11.8. The first-order chi connectivity index (χ1) is 15.1. The molecular formula is C23H32N4O4. The summed E-state index contributed by atoms with van der Waals surface area (Å²) in [5, 5.41) is 0. The number of likely N-dealkylation sites (tertiary alicyclic amines) is 2. The number of amides is 2. The van der Waals surface area contributed by atoms with E-state index in [9.17, 15) is 9.59 Å². The van der Waals surface area contributed by atoms with E-state index in [4.69, 9.17) is 14.5 Å². The number of carbonyl (C=O) groups excluding carboxylic acids is 2. The molecule has 5 heterocycles. The third-order valence-corrected chi connectivity index (χ3v) is 7.41. The van der Waals surface area contributed by atoms with Crippen LogP contribution in [0.2, 0.25) is 0 Å². The van der Waals surface area contributed by atoms with E-state index >= 15 is 0 Å². The molecule has 1 aromatic heterocycles. The molecule has 168 valence electrons. The number of aromatic nitrogens is 2. The van der Waals surface area contributed by atoms with Crippen molar-refractivity contribution in [3.05, 3.63) is 23.3 Å². The van der Waals surface area contributed by atoms with Crippen molar-refractivity contribution in [3.63, 3.8) is 0 Å². The van der Waals surface area contributed by atoms with Gasteiger partial charge < -0.3 is 19.3 Å². The van der Waals surface area contributed by atoms with E-state index < -0.39 is 0 Å². The lowest BCUT2D eigenvalue weighted by Crippen LogP contribution is -2.52. The molecule has 0 aromatic carbocycles. The first-order valence-electron chi connectivity index (χ1n) is 11.7. The van der Waals surface area contributed by atoms with Gasteiger partial charge in [0.2, 0.25) is 5.91 Å². The molecule has 0 bridgehead atoms. The zero-order chi connectivity index (χ0) is 21.4. The molecule has 1 atom stereocenters. The summed E-state index contributed by atoms with van der Waals surface area (Å²) in [6.07, 6.45) is 7.34. The van der Waals surface area contributed by atoms with E-state index in [1.165, 1.54) is 5.56 Å². The van der Waals surface area contributed by atoms with Crippen LogP contribution in [0.5, 0.6) is 0 Å². The van der Waals surface area contributed by atoms with Crippen LogP contribution < -0.4 is 0 Å². The van der Waals surface area contributed by atoms with Crippen LogP contribution in [-0.2, 0) is 31.1 Å². The first kappa shape index (κ1) is 20.8. The van der Waals surface area contributed by atoms with Gasteiger partial charge in [0.05, 0.1) is 12.3 Å². The zero-order valence-electron chi connectivity index (χ0n) is 18.3. The highest BCUT2D eigenvalue weighted by Crippen LogP contribution is 2.40. The number of ether oxygens (including phenoxy) is 2. The zero-order valence-corrected chi connectivity index (χ0v) is 18.3. The van der Waals surface area contributed by atoms with Crippen molar-refractivity contribution in [3.8, 4) is 0 Å². The van der Waals surface area contributed by atoms with Crippen LogP contribution in [0.1, 0.15) is 55.6 Å². The molecule has 1 unspecified atom stereocenters. The van der Waals surface area contributed by atoms with Crippen molar-refractivity contribution >= 4 is 11.8 Å². The third kappa shape index (κ3) is 3.96. The van der Waals surface area contributed by atoms with Crippen LogP contribution in [0.15, 0.2) is 6.20 Å². The van der Waals surface area contributed by atoms with Gasteiger partial charge >= 0.3 is 0 Å². The average Bonchev–Trinajstić information content (AvgIpc) is 3.35. The Morgan fingerprint density at radius 3 is 2.48 bits per heavy atom. The first-order valence-corrected chi connectivity index (χ1v) is 11.7. The highest BCUT2D eigenvalue weighted by molar-refractivity contribution is 5.82. The molecule has 3 saturated heterocycles. The number of nitrogens with zero attached hydrogens (tertiary/aromatic N) is 4. The summed E-state index contributed by atoms with van der Waals surface area (Å²) in [6.45, 7) is 5.97. The van der Waals surface area contributed by atoms with Crippen LogP contribution in [0, 0.1) is 12.8 Å². The second-order valence-corrected chi connectivity index (χ2v) is 9.31. The smallest absolute Gasteiger partial charge is 0.251 e. The number of hydrogen-bond acceptors (Lipinski definition) is 6. The van der Waals surface area contributed by atoms with E-state index in [0.717, 1.165) is 56.5 Å². The molecule has 0 aliphatic carbocycles. The molecule has 1 spiro atoms. The molecule has 4 aliphatic heterocycles. The standard InChI is InChI=1S/C23H32N4O4/c1-16-24-15-18-6-14-31-23(20(18)25-16)7-11-27(12-8-23)21(28)17-4-9-26(10-5-17)22(29)19-3-2-13-30-19/h15,17,19H,2-14H2,1H3. The van der Waals surface area contributed by atoms with E-state index in [0.29, 0.717) is 39.4 Å². The van der Waals surface area contributed by atoms with Crippen LogP contribution in [0.4, 0.5) is 0 Å². The molecule has 0 N–H and O–H groups in total. The molecule has 0 saturated carbocycles. The minimum Gasteiger partial charge on any atom is -0.368 e. The van der Waals surface area contributed by atoms with E-state index in [-0.39, 0.29) is 29.4 Å². The summed E-state index contributed by atoms with van der Waals surface area (Å²) in [6, 6.07) is 0. The second kappa shape index (κ2) is 8.47. The van der Waals surface area contributed by atoms with Crippen molar-refractivity contribution in [1.82, 2.24) is 19.8 Å². The van der Waals surface area contributed by atoms with E-state index in [1.54, 1.807) is 0 Å². The van der Waals surface area contributed by atoms with Crippen molar-refractivity contribution < 1.29 is 19.1 Å². The lowest BCUT2D eigenvalue weighted by molar-refractivity contribution is -0.150. The lowest BCUT2D eigenvalue weighted by atomic mass is 9.82. The maximum atomic E-state index is 13.2. The fourth-order valence-corrected chi connectivity index (χ4v) is 5.55. The quantitative estimate of drug-likeness (QED) is 0.711. The second-order valence-electron chi connectivity index (χ2n) is 9.31. The molecule has 0 radical (unpaired) electrons. The Morgan fingerprint density at radius 1 is 1.03 bits per heavy atom. The Balaban J connectivity index is 1.17. The third-order valence-electron chi connectivity index (χ3n) is 7.41. The summed E-state index contributed by atoms with van der Waals surface area (Å²) in [5.74, 6) is 1.11. The van der Waals surface area contributed by atoms with Crippen molar-refractivity contribution in [1.29, 1.82) is 0 Å². The number of rotatable bonds is 2. The molecule has 8 heteroatoms. The van der Waals surface area contributed by atoms with Crippen LogP contribution in [0.3, 0.4) is 0 Å². The van der Waals surface area contributed by atoms with Gasteiger partial charge in [0, 0.05) is 44.9 Å². The van der Waals surface area contributed by atoms with Crippen molar-refractivity contribution in [2.75, 3.05) is 39.4 Å². The molecule has 8 nitrogen and oxygen atoms in total. The molecule has 4 aliphatic rings. The molecule has 2 amide bonds. The monoisotopic (exact) mass is 428 g/mol. The van der Waals surface area contributed by atoms with Gasteiger partial charge in [-0.25, -0.2) is 9.97 Å². The minimum atomic E-state index is -0.380. The number of fused-ring (bicyclic) bond motifs is 2. The Morgan fingerprint density at radius 2 is 1.77 bits per heavy atom. The Kier molecular flexibility index (Phi) is 5.69. The van der Waals surface area contributed by atoms with Gasteiger partial charge in [0.1, 0.15) is 17.5 Å². The summed E-state index contributed by atoms with van der Waals surface area (Å²) in [5.41, 5.74) is 1.83. The van der Waals surface area contributed by atoms with E-state index in [1.807, 2.05) is 22.9 Å². The fraction of sp³-hybridized carbons (Fsp3) is 0.739. The van der Waals surface area contributed by atoms with Gasteiger partial charge in [-0.3, -0.25) is 9.59 Å². The SMILES string of the molecule is Cc1ncc2c(n1)C1(CCN(C(=O)C3CCN(C(=O)C4CCCO4)CC3)CC1)OCC2. The van der Waals surface area contributed by atoms with Crippen molar-refractivity contribution in [2.24, 2.45) is 5.92 Å². The van der Waals surface area contributed by atoms with Crippen LogP contribution >= 0.6 is 0 Å². The molecule has 31 heavy (non-hydrogen) atoms. The molecule has 3 fully saturated rings. The molecule has 5 rings (SSSR count). The Bertz CT molecular complexity index is 838. The highest BCUT2D eigenvalue weighted by atomic mass is 16.5. The van der Waals surface area contributed by atoms with Gasteiger partial charge in [0.25, 0.3) is 5.91 Å². The number of aryl methyl sites for hydroxylation is 1. The minimum absolute atomic E-state index is 0.00623. The van der Waals surface area contributed by atoms with Gasteiger partial charge in [-0.05, 0) is 57.4 Å². The number of carbonyl (C=O) groups is 2. The fourth-order valence-electron chi connectivity index (χ4n) is 5.55. The summed E-state index contributed by atoms with van der Waals surface area (Å²) in [4.78, 5) is 38.7. The maximum Gasteiger partial charge on any atom is 0.251 e. The largest absolute Gasteiger partial charge is 0.368 e. The average molecular weight is 429 g/mol. The number of piperidine rings is 2. The van der Waals surface area contributed by atoms with Gasteiger partial charge in [-0.1, -0.05) is 0 Å². The lowest BCUT2D eigenvalue weighted by Gasteiger charge is -2.45. The van der Waals surface area contributed by atoms with Crippen LogP contribution in [0.25, 0.3) is 0 Å². The maximum absolute atomic E-state index is 13.2. The van der Waals surface area contributed by atoms with Gasteiger partial charge in [-0.15, -0.1) is 0 Å². The Hall–Kier alpha value is -2.06. The normalized spacial score (nSPS) is 26.2. The molecular weight excluding hydrogens is 396 g/mol. The highest BCUT2D eigenvalue weighted by Gasteiger charge is 2.44. The van der Waals surface area contributed by atoms with Gasteiger partial charge in [-0.2, -0.15) is 0 Å². The van der Waals surface area contributed by atoms with Gasteiger partial charge in [0.15, 0.2) is 0 Å². The Labute approximate surface area is 183 Å². The number of hydrogen-bond donors (Lipinski definition) is 0. The molecule has 1 aromatic rings. The van der Waals surface area contributed by atoms with Crippen LogP contribution in [-0.4, -0.2) is 77.1 Å². The summed E-state index contributed by atoms with van der Waals surface area (Å²) in [7, 11) is 0. The summed E-state index contributed by atoms with van der Waals surface area (Å²) >= 11 is 0. The topological polar surface area (TPSA) is 84.9 Å². The predicted octanol–water partition coefficient (Wildman–Crippen LogP) is 1.59. The predicted molar refractivity (Wildman–Crippen MR) is 112 cm³/mol. The van der Waals surface area contributed by atoms with E-state index in [2.05, 4.69) is 4.98 Å².